The van der Waals surface area contributed by atoms with Crippen molar-refractivity contribution in [1.29, 1.82) is 0 Å². The maximum Gasteiger partial charge on any atom is 0.293 e. The Morgan fingerprint density at radius 3 is 2.90 bits per heavy atom. The van der Waals surface area contributed by atoms with Gasteiger partial charge in [0.1, 0.15) is 5.69 Å². The molecular weight excluding hydrogens is 268 g/mol. The minimum absolute atomic E-state index is 0.0397. The van der Waals surface area contributed by atoms with Crippen LogP contribution in [-0.4, -0.2) is 22.4 Å². The molecule has 0 aromatic heterocycles. The molecule has 0 amide bonds. The van der Waals surface area contributed by atoms with Gasteiger partial charge in [0.2, 0.25) is 0 Å². The fourth-order valence-electron chi connectivity index (χ4n) is 3.09. The molecule has 1 heterocycles. The first-order chi connectivity index (χ1) is 10.2. The number of hydrogen-bond donors (Lipinski definition) is 2. The predicted molar refractivity (Wildman–Crippen MR) is 83.9 cm³/mol. The second-order valence-electron chi connectivity index (χ2n) is 5.63. The lowest BCUT2D eigenvalue weighted by atomic mass is 10.1. The van der Waals surface area contributed by atoms with E-state index in [2.05, 4.69) is 17.2 Å². The van der Waals surface area contributed by atoms with Gasteiger partial charge in [-0.05, 0) is 37.4 Å². The van der Waals surface area contributed by atoms with Gasteiger partial charge in [-0.3, -0.25) is 20.9 Å². The average Bonchev–Trinajstić information content (AvgIpc) is 2.72. The molecule has 1 unspecified atom stereocenters. The molecule has 6 nitrogen and oxygen atoms in total. The van der Waals surface area contributed by atoms with E-state index in [1.807, 2.05) is 6.07 Å². The Hall–Kier alpha value is -1.66. The van der Waals surface area contributed by atoms with Crippen LogP contribution in [0.4, 0.5) is 11.4 Å². The molecule has 0 radical (unpaired) electrons. The number of nitro groups is 1. The van der Waals surface area contributed by atoms with E-state index >= 15 is 0 Å². The molecule has 1 saturated heterocycles. The normalized spacial score (nSPS) is 20.0. The van der Waals surface area contributed by atoms with Gasteiger partial charge in [0, 0.05) is 18.7 Å². The van der Waals surface area contributed by atoms with Gasteiger partial charge in [0.05, 0.1) is 4.92 Å². The van der Waals surface area contributed by atoms with Crippen molar-refractivity contribution in [2.24, 2.45) is 5.84 Å². The highest BCUT2D eigenvalue weighted by atomic mass is 16.6. The summed E-state index contributed by atoms with van der Waals surface area (Å²) in [5.74, 6) is 5.32. The Bertz CT molecular complexity index is 493. The number of hydrazine groups is 1. The molecule has 116 valence electrons. The highest BCUT2D eigenvalue weighted by Crippen LogP contribution is 2.27. The van der Waals surface area contributed by atoms with Crippen LogP contribution in [0, 0.1) is 10.1 Å². The third kappa shape index (κ3) is 3.92. The van der Waals surface area contributed by atoms with E-state index in [0.29, 0.717) is 11.7 Å². The molecule has 1 aliphatic rings. The molecule has 1 aromatic carbocycles. The molecule has 1 aromatic rings. The van der Waals surface area contributed by atoms with Crippen molar-refractivity contribution in [1.82, 2.24) is 4.90 Å². The number of nitrogens with one attached hydrogen (secondary N) is 1. The van der Waals surface area contributed by atoms with Gasteiger partial charge in [0.25, 0.3) is 5.69 Å². The first kappa shape index (κ1) is 15.7. The summed E-state index contributed by atoms with van der Waals surface area (Å²) in [6.45, 7) is 4.06. The Kier molecular flexibility index (Phi) is 5.52. The van der Waals surface area contributed by atoms with Gasteiger partial charge in [-0.2, -0.15) is 0 Å². The molecule has 0 spiro atoms. The Balaban J connectivity index is 2.17. The van der Waals surface area contributed by atoms with Crippen LogP contribution in [0.3, 0.4) is 0 Å². The molecule has 0 saturated carbocycles. The average molecular weight is 292 g/mol. The highest BCUT2D eigenvalue weighted by molar-refractivity contribution is 5.61. The molecular formula is C15H24N4O2. The molecule has 6 heteroatoms. The Morgan fingerprint density at radius 1 is 1.43 bits per heavy atom. The summed E-state index contributed by atoms with van der Waals surface area (Å²) in [5, 5.41) is 11.1. The Labute approximate surface area is 125 Å². The molecule has 0 aliphatic carbocycles. The van der Waals surface area contributed by atoms with Gasteiger partial charge in [-0.25, -0.2) is 0 Å². The number of nitro benzene ring substituents is 1. The molecule has 2 rings (SSSR count). The summed E-state index contributed by atoms with van der Waals surface area (Å²) in [4.78, 5) is 13.2. The summed E-state index contributed by atoms with van der Waals surface area (Å²) < 4.78 is 0. The second kappa shape index (κ2) is 7.38. The summed E-state index contributed by atoms with van der Waals surface area (Å²) in [6, 6.07) is 5.82. The van der Waals surface area contributed by atoms with E-state index in [1.54, 1.807) is 12.1 Å². The largest absolute Gasteiger partial charge is 0.318 e. The van der Waals surface area contributed by atoms with Crippen molar-refractivity contribution < 1.29 is 4.92 Å². The lowest BCUT2D eigenvalue weighted by Gasteiger charge is -2.29. The number of likely N-dealkylation sites (tertiary alicyclic amines) is 1. The minimum Gasteiger partial charge on any atom is -0.318 e. The van der Waals surface area contributed by atoms with E-state index in [0.717, 1.165) is 25.1 Å². The van der Waals surface area contributed by atoms with Crippen molar-refractivity contribution in [3.05, 3.63) is 33.9 Å². The number of anilines is 1. The first-order valence-electron chi connectivity index (χ1n) is 7.63. The van der Waals surface area contributed by atoms with Gasteiger partial charge in [0.15, 0.2) is 0 Å². The zero-order chi connectivity index (χ0) is 15.2. The lowest BCUT2D eigenvalue weighted by Crippen LogP contribution is -2.33. The van der Waals surface area contributed by atoms with Gasteiger partial charge >= 0.3 is 0 Å². The van der Waals surface area contributed by atoms with Crippen molar-refractivity contribution in [3.63, 3.8) is 0 Å². The molecule has 21 heavy (non-hydrogen) atoms. The van der Waals surface area contributed by atoms with Crippen LogP contribution in [0.1, 0.15) is 44.6 Å². The van der Waals surface area contributed by atoms with Crippen molar-refractivity contribution in [2.75, 3.05) is 12.0 Å². The third-order valence-corrected chi connectivity index (χ3v) is 4.27. The number of benzene rings is 1. The Morgan fingerprint density at radius 2 is 2.24 bits per heavy atom. The van der Waals surface area contributed by atoms with Crippen molar-refractivity contribution in [3.8, 4) is 0 Å². The van der Waals surface area contributed by atoms with E-state index < -0.39 is 4.92 Å². The monoisotopic (exact) mass is 292 g/mol. The van der Waals surface area contributed by atoms with Crippen LogP contribution >= 0.6 is 0 Å². The lowest BCUT2D eigenvalue weighted by molar-refractivity contribution is -0.384. The molecule has 1 aliphatic heterocycles. The number of nitrogens with zero attached hydrogens (tertiary/aromatic N) is 2. The number of nitrogen functional groups attached to an aromatic ring is 1. The number of rotatable bonds is 5. The SMILES string of the molecule is CCC1CCCCCN1Cc1ccc(NN)c([N+](=O)[O-])c1. The van der Waals surface area contributed by atoms with E-state index in [1.165, 1.54) is 25.7 Å². The zero-order valence-corrected chi connectivity index (χ0v) is 12.5. The highest BCUT2D eigenvalue weighted by Gasteiger charge is 2.21. The fraction of sp³-hybridized carbons (Fsp3) is 0.600. The van der Waals surface area contributed by atoms with Gasteiger partial charge in [-0.15, -0.1) is 0 Å². The topological polar surface area (TPSA) is 84.4 Å². The first-order valence-corrected chi connectivity index (χ1v) is 7.63. The minimum atomic E-state index is -0.390. The number of nitrogens with two attached hydrogens (primary N) is 1. The molecule has 1 fully saturated rings. The third-order valence-electron chi connectivity index (χ3n) is 4.27. The van der Waals surface area contributed by atoms with Crippen LogP contribution < -0.4 is 11.3 Å². The fourth-order valence-corrected chi connectivity index (χ4v) is 3.09. The smallest absolute Gasteiger partial charge is 0.293 e. The molecule has 3 N–H and O–H groups in total. The predicted octanol–water partition coefficient (Wildman–Crippen LogP) is 3.04. The molecule has 1 atom stereocenters. The maximum atomic E-state index is 11.1. The van der Waals surface area contributed by atoms with Crippen LogP contribution in [0.25, 0.3) is 0 Å². The number of hydrogen-bond acceptors (Lipinski definition) is 5. The molecule has 0 bridgehead atoms. The van der Waals surface area contributed by atoms with E-state index in [9.17, 15) is 10.1 Å². The van der Waals surface area contributed by atoms with Crippen LogP contribution in [0.15, 0.2) is 18.2 Å². The van der Waals surface area contributed by atoms with Gasteiger partial charge in [-0.1, -0.05) is 25.8 Å². The van der Waals surface area contributed by atoms with Crippen molar-refractivity contribution in [2.45, 2.75) is 51.6 Å². The summed E-state index contributed by atoms with van der Waals surface area (Å²) in [7, 11) is 0. The van der Waals surface area contributed by atoms with Crippen LogP contribution in [-0.2, 0) is 6.54 Å². The van der Waals surface area contributed by atoms with Crippen LogP contribution in [0.2, 0.25) is 0 Å². The standard InChI is InChI=1S/C15H24N4O2/c1-2-13-6-4-3-5-9-18(13)11-12-7-8-14(17-16)15(10-12)19(20)21/h7-8,10,13,17H,2-6,9,11,16H2,1H3. The zero-order valence-electron chi connectivity index (χ0n) is 12.5. The summed E-state index contributed by atoms with van der Waals surface area (Å²) in [5.41, 5.74) is 3.75. The second-order valence-corrected chi connectivity index (χ2v) is 5.63. The van der Waals surface area contributed by atoms with Crippen molar-refractivity contribution >= 4 is 11.4 Å². The van der Waals surface area contributed by atoms with E-state index in [-0.39, 0.29) is 5.69 Å². The van der Waals surface area contributed by atoms with Gasteiger partial charge < -0.3 is 5.43 Å². The maximum absolute atomic E-state index is 11.1. The summed E-state index contributed by atoms with van der Waals surface area (Å²) in [6.07, 6.45) is 6.13. The van der Waals surface area contributed by atoms with E-state index in [4.69, 9.17) is 5.84 Å². The summed E-state index contributed by atoms with van der Waals surface area (Å²) >= 11 is 0. The van der Waals surface area contributed by atoms with Crippen LogP contribution in [0.5, 0.6) is 0 Å². The quantitative estimate of drug-likeness (QED) is 0.495.